The van der Waals surface area contributed by atoms with Crippen LogP contribution in [0.15, 0.2) is 60.2 Å². The Labute approximate surface area is 155 Å². The van der Waals surface area contributed by atoms with E-state index >= 15 is 0 Å². The standard InChI is InChI=1S/C18H17N5O4/c1-2-26-18-9-15(10-21-22-12-19-20-13-22)5-8-17(18)27-11-14-3-6-16(7-4-14)23(24)25/h3-10,12-13H,2,11H2,1H3/b21-10-. The first-order valence-corrected chi connectivity index (χ1v) is 8.17. The summed E-state index contributed by atoms with van der Waals surface area (Å²) >= 11 is 0. The maximum Gasteiger partial charge on any atom is 0.269 e. The average molecular weight is 367 g/mol. The highest BCUT2D eigenvalue weighted by molar-refractivity contribution is 5.80. The summed E-state index contributed by atoms with van der Waals surface area (Å²) in [5, 5.41) is 22.3. The monoisotopic (exact) mass is 367 g/mol. The van der Waals surface area contributed by atoms with Gasteiger partial charge in [-0.2, -0.15) is 5.10 Å². The molecular formula is C18H17N5O4. The first-order chi connectivity index (χ1) is 13.2. The molecule has 0 atom stereocenters. The molecular weight excluding hydrogens is 350 g/mol. The van der Waals surface area contributed by atoms with Crippen LogP contribution in [-0.4, -0.2) is 32.6 Å². The van der Waals surface area contributed by atoms with Gasteiger partial charge in [0, 0.05) is 12.1 Å². The van der Waals surface area contributed by atoms with Crippen LogP contribution in [0.3, 0.4) is 0 Å². The molecule has 138 valence electrons. The van der Waals surface area contributed by atoms with Crippen molar-refractivity contribution in [2.45, 2.75) is 13.5 Å². The highest BCUT2D eigenvalue weighted by atomic mass is 16.6. The van der Waals surface area contributed by atoms with Crippen LogP contribution in [-0.2, 0) is 6.61 Å². The van der Waals surface area contributed by atoms with Crippen LogP contribution >= 0.6 is 0 Å². The van der Waals surface area contributed by atoms with Gasteiger partial charge in [-0.05, 0) is 48.4 Å². The zero-order valence-electron chi connectivity index (χ0n) is 14.6. The molecule has 0 saturated carbocycles. The molecule has 2 aromatic carbocycles. The lowest BCUT2D eigenvalue weighted by Gasteiger charge is -2.12. The fraction of sp³-hybridized carbons (Fsp3) is 0.167. The van der Waals surface area contributed by atoms with Gasteiger partial charge in [-0.3, -0.25) is 10.1 Å². The molecule has 27 heavy (non-hydrogen) atoms. The minimum Gasteiger partial charge on any atom is -0.490 e. The van der Waals surface area contributed by atoms with Crippen LogP contribution < -0.4 is 9.47 Å². The number of non-ortho nitro benzene ring substituents is 1. The van der Waals surface area contributed by atoms with E-state index in [4.69, 9.17) is 9.47 Å². The summed E-state index contributed by atoms with van der Waals surface area (Å²) in [6.07, 6.45) is 4.63. The smallest absolute Gasteiger partial charge is 0.269 e. The number of ether oxygens (including phenoxy) is 2. The summed E-state index contributed by atoms with van der Waals surface area (Å²) in [6, 6.07) is 11.7. The molecule has 0 aliphatic rings. The number of hydrogen-bond donors (Lipinski definition) is 0. The first-order valence-electron chi connectivity index (χ1n) is 8.17. The summed E-state index contributed by atoms with van der Waals surface area (Å²) in [4.78, 5) is 10.3. The molecule has 3 aromatic rings. The van der Waals surface area contributed by atoms with Crippen molar-refractivity contribution < 1.29 is 14.4 Å². The van der Waals surface area contributed by atoms with Crippen molar-refractivity contribution in [3.8, 4) is 11.5 Å². The number of nitro groups is 1. The fourth-order valence-electron chi connectivity index (χ4n) is 2.26. The highest BCUT2D eigenvalue weighted by Crippen LogP contribution is 2.29. The third-order valence-electron chi connectivity index (χ3n) is 3.56. The number of hydrogen-bond acceptors (Lipinski definition) is 7. The number of benzene rings is 2. The molecule has 0 saturated heterocycles. The second-order valence-electron chi connectivity index (χ2n) is 5.44. The molecule has 0 aliphatic heterocycles. The summed E-state index contributed by atoms with van der Waals surface area (Å²) in [6.45, 7) is 2.64. The molecule has 0 radical (unpaired) electrons. The topological polar surface area (TPSA) is 105 Å². The SMILES string of the molecule is CCOc1cc(/C=N\n2cnnc2)ccc1OCc1ccc([N+](=O)[O-])cc1. The minimum absolute atomic E-state index is 0.0467. The van der Waals surface area contributed by atoms with Crippen LogP contribution in [0.2, 0.25) is 0 Å². The fourth-order valence-corrected chi connectivity index (χ4v) is 2.26. The molecule has 3 rings (SSSR count). The molecule has 0 aliphatic carbocycles. The first kappa shape index (κ1) is 18.1. The molecule has 0 bridgehead atoms. The number of aromatic nitrogens is 3. The van der Waals surface area contributed by atoms with E-state index in [0.29, 0.717) is 18.1 Å². The lowest BCUT2D eigenvalue weighted by molar-refractivity contribution is -0.384. The van der Waals surface area contributed by atoms with Crippen molar-refractivity contribution in [1.29, 1.82) is 0 Å². The second-order valence-corrected chi connectivity index (χ2v) is 5.44. The highest BCUT2D eigenvalue weighted by Gasteiger charge is 2.08. The van der Waals surface area contributed by atoms with Crippen molar-refractivity contribution in [3.05, 3.63) is 76.4 Å². The Hall–Kier alpha value is -3.75. The quantitative estimate of drug-likeness (QED) is 0.344. The largest absolute Gasteiger partial charge is 0.490 e. The minimum atomic E-state index is -0.433. The predicted molar refractivity (Wildman–Crippen MR) is 98.1 cm³/mol. The number of nitrogens with zero attached hydrogens (tertiary/aromatic N) is 5. The van der Waals surface area contributed by atoms with E-state index in [9.17, 15) is 10.1 Å². The third-order valence-corrected chi connectivity index (χ3v) is 3.56. The van der Waals surface area contributed by atoms with Crippen molar-refractivity contribution in [2.24, 2.45) is 5.10 Å². The molecule has 0 spiro atoms. The van der Waals surface area contributed by atoms with Gasteiger partial charge < -0.3 is 9.47 Å². The van der Waals surface area contributed by atoms with Gasteiger partial charge in [-0.25, -0.2) is 4.68 Å². The van der Waals surface area contributed by atoms with Gasteiger partial charge in [0.05, 0.1) is 17.7 Å². The van der Waals surface area contributed by atoms with Gasteiger partial charge in [-0.15, -0.1) is 10.2 Å². The molecule has 9 heteroatoms. The van der Waals surface area contributed by atoms with Gasteiger partial charge in [-0.1, -0.05) is 0 Å². The van der Waals surface area contributed by atoms with Gasteiger partial charge in [0.15, 0.2) is 11.5 Å². The Morgan fingerprint density at radius 2 is 1.85 bits per heavy atom. The second kappa shape index (κ2) is 8.56. The summed E-state index contributed by atoms with van der Waals surface area (Å²) in [5.74, 6) is 1.17. The molecule has 1 heterocycles. The summed E-state index contributed by atoms with van der Waals surface area (Å²) in [7, 11) is 0. The molecule has 0 unspecified atom stereocenters. The van der Waals surface area contributed by atoms with E-state index in [1.807, 2.05) is 19.1 Å². The Balaban J connectivity index is 1.71. The number of rotatable bonds is 8. The zero-order valence-corrected chi connectivity index (χ0v) is 14.6. The third kappa shape index (κ3) is 4.88. The molecule has 0 fully saturated rings. The van der Waals surface area contributed by atoms with E-state index in [-0.39, 0.29) is 12.3 Å². The normalized spacial score (nSPS) is 10.9. The van der Waals surface area contributed by atoms with Gasteiger partial charge in [0.1, 0.15) is 19.3 Å². The van der Waals surface area contributed by atoms with Crippen LogP contribution in [0, 0.1) is 10.1 Å². The summed E-state index contributed by atoms with van der Waals surface area (Å²) in [5.41, 5.74) is 1.70. The van der Waals surface area contributed by atoms with Crippen LogP contribution in [0.25, 0.3) is 0 Å². The van der Waals surface area contributed by atoms with Crippen molar-refractivity contribution in [3.63, 3.8) is 0 Å². The summed E-state index contributed by atoms with van der Waals surface area (Å²) < 4.78 is 12.9. The molecule has 1 aromatic heterocycles. The Morgan fingerprint density at radius 3 is 2.52 bits per heavy atom. The van der Waals surface area contributed by atoms with Crippen LogP contribution in [0.5, 0.6) is 11.5 Å². The van der Waals surface area contributed by atoms with E-state index in [0.717, 1.165) is 11.1 Å². The lowest BCUT2D eigenvalue weighted by atomic mass is 10.2. The maximum atomic E-state index is 10.7. The zero-order chi connectivity index (χ0) is 19.1. The maximum absolute atomic E-state index is 10.7. The van der Waals surface area contributed by atoms with E-state index in [2.05, 4.69) is 15.3 Å². The molecule has 9 nitrogen and oxygen atoms in total. The molecule has 0 N–H and O–H groups in total. The van der Waals surface area contributed by atoms with E-state index in [1.165, 1.54) is 29.5 Å². The number of nitro benzene ring substituents is 1. The Kier molecular flexibility index (Phi) is 5.73. The average Bonchev–Trinajstić information content (AvgIpc) is 3.20. The van der Waals surface area contributed by atoms with Crippen LogP contribution in [0.1, 0.15) is 18.1 Å². The van der Waals surface area contributed by atoms with Crippen LogP contribution in [0.4, 0.5) is 5.69 Å². The Morgan fingerprint density at radius 1 is 1.11 bits per heavy atom. The van der Waals surface area contributed by atoms with Gasteiger partial charge in [0.25, 0.3) is 5.69 Å². The van der Waals surface area contributed by atoms with Crippen molar-refractivity contribution >= 4 is 11.9 Å². The predicted octanol–water partition coefficient (Wildman–Crippen LogP) is 3.05. The molecule has 0 amide bonds. The van der Waals surface area contributed by atoms with E-state index < -0.39 is 4.92 Å². The Bertz CT molecular complexity index is 923. The van der Waals surface area contributed by atoms with Crippen molar-refractivity contribution in [2.75, 3.05) is 6.61 Å². The van der Waals surface area contributed by atoms with Gasteiger partial charge >= 0.3 is 0 Å². The van der Waals surface area contributed by atoms with E-state index in [1.54, 1.807) is 24.4 Å². The lowest BCUT2D eigenvalue weighted by Crippen LogP contribution is -2.01. The van der Waals surface area contributed by atoms with Crippen molar-refractivity contribution in [1.82, 2.24) is 14.9 Å². The van der Waals surface area contributed by atoms with Gasteiger partial charge in [0.2, 0.25) is 0 Å².